The second-order valence-corrected chi connectivity index (χ2v) is 5.84. The van der Waals surface area contributed by atoms with Gasteiger partial charge in [-0.1, -0.05) is 96.2 Å². The SMILES string of the molecule is C.C=CCBr.C=CCNCCc1ccccc1.NCCc1ccccc1. The molecule has 0 saturated heterocycles. The lowest BCUT2D eigenvalue weighted by molar-refractivity contribution is 0.745. The van der Waals surface area contributed by atoms with Gasteiger partial charge in [0, 0.05) is 11.9 Å². The number of allylic oxidation sites excluding steroid dienone is 1. The van der Waals surface area contributed by atoms with Crippen LogP contribution in [-0.2, 0) is 12.8 Å². The van der Waals surface area contributed by atoms with E-state index < -0.39 is 0 Å². The standard InChI is InChI=1S/C11H15N.C8H11N.C3H5Br.CH4/c1-2-9-12-10-8-11-6-4-3-5-7-11;9-7-6-8-4-2-1-3-5-8;1-2-3-4;/h2-7,12H,1,8-10H2;1-5H,6-7,9H2;2H,1,3H2;1H4. The Hall–Kier alpha value is -1.68. The fourth-order valence-electron chi connectivity index (χ4n) is 1.89. The first kappa shape index (κ1) is 26.5. The molecule has 0 aliphatic rings. The van der Waals surface area contributed by atoms with Crippen molar-refractivity contribution in [2.24, 2.45) is 5.73 Å². The zero-order valence-corrected chi connectivity index (χ0v) is 16.6. The van der Waals surface area contributed by atoms with Crippen molar-refractivity contribution in [3.63, 3.8) is 0 Å². The molecule has 144 valence electrons. The summed E-state index contributed by atoms with van der Waals surface area (Å²) < 4.78 is 0. The van der Waals surface area contributed by atoms with Gasteiger partial charge in [-0.05, 0) is 37.1 Å². The maximum Gasteiger partial charge on any atom is 0.0209 e. The van der Waals surface area contributed by atoms with Gasteiger partial charge in [0.15, 0.2) is 0 Å². The number of hydrogen-bond donors (Lipinski definition) is 2. The largest absolute Gasteiger partial charge is 0.330 e. The molecule has 0 bridgehead atoms. The van der Waals surface area contributed by atoms with E-state index in [1.54, 1.807) is 6.08 Å². The second-order valence-electron chi connectivity index (χ2n) is 5.20. The molecule has 2 aromatic carbocycles. The minimum Gasteiger partial charge on any atom is -0.330 e. The van der Waals surface area contributed by atoms with Crippen molar-refractivity contribution in [1.82, 2.24) is 5.32 Å². The van der Waals surface area contributed by atoms with Crippen molar-refractivity contribution < 1.29 is 0 Å². The lowest BCUT2D eigenvalue weighted by Crippen LogP contribution is -2.16. The maximum atomic E-state index is 5.36. The van der Waals surface area contributed by atoms with Gasteiger partial charge in [0.25, 0.3) is 0 Å². The lowest BCUT2D eigenvalue weighted by Gasteiger charge is -2.00. The number of nitrogens with two attached hydrogens (primary N) is 1. The van der Waals surface area contributed by atoms with Crippen LogP contribution in [0, 0.1) is 0 Å². The van der Waals surface area contributed by atoms with Gasteiger partial charge in [0.1, 0.15) is 0 Å². The fraction of sp³-hybridized carbons (Fsp3) is 0.304. The molecular formula is C23H35BrN2. The Balaban J connectivity index is 0. The Labute approximate surface area is 169 Å². The van der Waals surface area contributed by atoms with Gasteiger partial charge < -0.3 is 11.1 Å². The van der Waals surface area contributed by atoms with Crippen LogP contribution in [0.15, 0.2) is 86.0 Å². The summed E-state index contributed by atoms with van der Waals surface area (Å²) in [7, 11) is 0. The molecule has 2 aromatic rings. The number of hydrogen-bond acceptors (Lipinski definition) is 2. The summed E-state index contributed by atoms with van der Waals surface area (Å²) in [5, 5.41) is 4.16. The molecular weight excluding hydrogens is 384 g/mol. The number of nitrogens with one attached hydrogen (secondary N) is 1. The van der Waals surface area contributed by atoms with Gasteiger partial charge in [-0.3, -0.25) is 0 Å². The molecule has 26 heavy (non-hydrogen) atoms. The smallest absolute Gasteiger partial charge is 0.0209 e. The van der Waals surface area contributed by atoms with Crippen molar-refractivity contribution in [3.05, 3.63) is 97.1 Å². The minimum atomic E-state index is 0. The van der Waals surface area contributed by atoms with Crippen LogP contribution in [0.5, 0.6) is 0 Å². The summed E-state index contributed by atoms with van der Waals surface area (Å²) in [5.41, 5.74) is 8.06. The highest BCUT2D eigenvalue weighted by Crippen LogP contribution is 1.98. The summed E-state index contributed by atoms with van der Waals surface area (Å²) >= 11 is 3.13. The number of halogens is 1. The van der Waals surface area contributed by atoms with Crippen molar-refractivity contribution in [3.8, 4) is 0 Å². The summed E-state index contributed by atoms with van der Waals surface area (Å²) in [6.07, 6.45) is 5.75. The third-order valence-corrected chi connectivity index (χ3v) is 3.56. The zero-order valence-electron chi connectivity index (χ0n) is 15.0. The van der Waals surface area contributed by atoms with Gasteiger partial charge in [0.05, 0.1) is 0 Å². The molecule has 0 amide bonds. The van der Waals surface area contributed by atoms with Gasteiger partial charge in [0.2, 0.25) is 0 Å². The maximum absolute atomic E-state index is 5.36. The van der Waals surface area contributed by atoms with Crippen LogP contribution in [0.1, 0.15) is 18.6 Å². The highest BCUT2D eigenvalue weighted by Gasteiger charge is 1.88. The number of alkyl halides is 1. The van der Waals surface area contributed by atoms with Crippen LogP contribution < -0.4 is 11.1 Å². The fourth-order valence-corrected chi connectivity index (χ4v) is 1.89. The topological polar surface area (TPSA) is 38.0 Å². The van der Waals surface area contributed by atoms with Crippen molar-refractivity contribution >= 4 is 15.9 Å². The van der Waals surface area contributed by atoms with Crippen molar-refractivity contribution in [1.29, 1.82) is 0 Å². The molecule has 0 heterocycles. The van der Waals surface area contributed by atoms with Gasteiger partial charge in [-0.25, -0.2) is 0 Å². The van der Waals surface area contributed by atoms with E-state index in [-0.39, 0.29) is 7.43 Å². The van der Waals surface area contributed by atoms with Crippen LogP contribution in [0.3, 0.4) is 0 Å². The molecule has 0 atom stereocenters. The van der Waals surface area contributed by atoms with Crippen LogP contribution in [0.2, 0.25) is 0 Å². The third-order valence-electron chi connectivity index (χ3n) is 3.11. The van der Waals surface area contributed by atoms with E-state index in [2.05, 4.69) is 70.8 Å². The zero-order chi connectivity index (χ0) is 18.6. The first-order chi connectivity index (χ1) is 12.3. The molecule has 0 unspecified atom stereocenters. The summed E-state index contributed by atoms with van der Waals surface area (Å²) in [6, 6.07) is 20.7. The molecule has 0 radical (unpaired) electrons. The number of rotatable bonds is 8. The molecule has 0 fully saturated rings. The average Bonchev–Trinajstić information content (AvgIpc) is 2.68. The second kappa shape index (κ2) is 21.4. The van der Waals surface area contributed by atoms with Crippen LogP contribution in [-0.4, -0.2) is 25.0 Å². The van der Waals surface area contributed by atoms with E-state index >= 15 is 0 Å². The average molecular weight is 419 g/mol. The van der Waals surface area contributed by atoms with E-state index in [9.17, 15) is 0 Å². The Morgan fingerprint density at radius 3 is 1.69 bits per heavy atom. The Kier molecular flexibility index (Phi) is 21.8. The molecule has 2 nitrogen and oxygen atoms in total. The summed E-state index contributed by atoms with van der Waals surface area (Å²) in [6.45, 7) is 9.73. The van der Waals surface area contributed by atoms with Crippen LogP contribution >= 0.6 is 15.9 Å². The third kappa shape index (κ3) is 17.2. The van der Waals surface area contributed by atoms with Crippen LogP contribution in [0.4, 0.5) is 0 Å². The quantitative estimate of drug-likeness (QED) is 0.342. The Bertz CT molecular complexity index is 526. The normalized spacial score (nSPS) is 8.69. The van der Waals surface area contributed by atoms with E-state index in [1.165, 1.54) is 11.1 Å². The monoisotopic (exact) mass is 418 g/mol. The van der Waals surface area contributed by atoms with Gasteiger partial charge in [-0.2, -0.15) is 0 Å². The molecule has 0 saturated carbocycles. The minimum absolute atomic E-state index is 0. The molecule has 2 rings (SSSR count). The predicted octanol–water partition coefficient (Wildman–Crippen LogP) is 5.40. The molecule has 0 aliphatic carbocycles. The summed E-state index contributed by atoms with van der Waals surface area (Å²) in [4.78, 5) is 0. The predicted molar refractivity (Wildman–Crippen MR) is 123 cm³/mol. The molecule has 3 N–H and O–H groups in total. The van der Waals surface area contributed by atoms with E-state index in [4.69, 9.17) is 5.73 Å². The summed E-state index contributed by atoms with van der Waals surface area (Å²) in [5.74, 6) is 0. The van der Waals surface area contributed by atoms with Crippen molar-refractivity contribution in [2.45, 2.75) is 20.3 Å². The highest BCUT2D eigenvalue weighted by molar-refractivity contribution is 9.09. The van der Waals surface area contributed by atoms with E-state index in [1.807, 2.05) is 30.3 Å². The highest BCUT2D eigenvalue weighted by atomic mass is 79.9. The molecule has 0 aromatic heterocycles. The van der Waals surface area contributed by atoms with Crippen LogP contribution in [0.25, 0.3) is 0 Å². The van der Waals surface area contributed by atoms with Gasteiger partial charge in [-0.15, -0.1) is 13.2 Å². The first-order valence-corrected chi connectivity index (χ1v) is 9.67. The lowest BCUT2D eigenvalue weighted by atomic mass is 10.1. The molecule has 0 spiro atoms. The molecule has 0 aliphatic heterocycles. The molecule has 3 heteroatoms. The van der Waals surface area contributed by atoms with Crippen molar-refractivity contribution in [2.75, 3.05) is 25.0 Å². The van der Waals surface area contributed by atoms with E-state index in [0.717, 1.165) is 37.8 Å². The first-order valence-electron chi connectivity index (χ1n) is 8.54. The van der Waals surface area contributed by atoms with E-state index in [0.29, 0.717) is 0 Å². The Morgan fingerprint density at radius 1 is 0.846 bits per heavy atom. The number of benzene rings is 2. The van der Waals surface area contributed by atoms with Gasteiger partial charge >= 0.3 is 0 Å². The Morgan fingerprint density at radius 2 is 1.31 bits per heavy atom.